The van der Waals surface area contributed by atoms with Gasteiger partial charge in [0, 0.05) is 19.2 Å². The molecule has 0 heterocycles. The maximum Gasteiger partial charge on any atom is 0.336 e. The number of rotatable bonds is 7. The first kappa shape index (κ1) is 13.7. The summed E-state index contributed by atoms with van der Waals surface area (Å²) in [5.74, 6) is -0.889. The van der Waals surface area contributed by atoms with Crippen molar-refractivity contribution < 1.29 is 14.6 Å². The molecule has 0 aliphatic rings. The van der Waals surface area contributed by atoms with E-state index in [4.69, 9.17) is 9.84 Å². The van der Waals surface area contributed by atoms with Crippen LogP contribution in [0.2, 0.25) is 0 Å². The summed E-state index contributed by atoms with van der Waals surface area (Å²) in [6.07, 6.45) is 0. The van der Waals surface area contributed by atoms with Crippen molar-refractivity contribution in [1.82, 2.24) is 5.32 Å². The van der Waals surface area contributed by atoms with Gasteiger partial charge in [-0.2, -0.15) is 0 Å². The maximum atomic E-state index is 11.0. The molecule has 0 saturated heterocycles. The van der Waals surface area contributed by atoms with Gasteiger partial charge in [0.15, 0.2) is 0 Å². The molecule has 0 radical (unpaired) electrons. The van der Waals surface area contributed by atoms with Crippen molar-refractivity contribution in [2.45, 2.75) is 26.4 Å². The zero-order valence-corrected chi connectivity index (χ0v) is 10.3. The number of carbonyl (C=O) groups is 1. The van der Waals surface area contributed by atoms with Crippen LogP contribution in [0.1, 0.15) is 29.8 Å². The van der Waals surface area contributed by atoms with Crippen LogP contribution >= 0.6 is 0 Å². The smallest absolute Gasteiger partial charge is 0.336 e. The topological polar surface area (TPSA) is 58.6 Å². The molecule has 1 rings (SSSR count). The van der Waals surface area contributed by atoms with Gasteiger partial charge in [-0.1, -0.05) is 18.2 Å². The molecule has 0 aliphatic carbocycles. The number of ether oxygens (including phenoxy) is 1. The monoisotopic (exact) mass is 237 g/mol. The third-order valence-electron chi connectivity index (χ3n) is 2.46. The lowest BCUT2D eigenvalue weighted by Crippen LogP contribution is -2.30. The second-order valence-corrected chi connectivity index (χ2v) is 3.90. The average Bonchev–Trinajstić information content (AvgIpc) is 2.34. The van der Waals surface area contributed by atoms with E-state index in [1.165, 1.54) is 0 Å². The number of aromatic carboxylic acids is 1. The molecule has 4 nitrogen and oxygen atoms in total. The van der Waals surface area contributed by atoms with E-state index in [0.717, 1.165) is 5.56 Å². The first-order valence-electron chi connectivity index (χ1n) is 5.77. The van der Waals surface area contributed by atoms with E-state index in [0.29, 0.717) is 25.3 Å². The van der Waals surface area contributed by atoms with Crippen molar-refractivity contribution in [3.63, 3.8) is 0 Å². The molecule has 1 aromatic rings. The number of nitrogens with one attached hydrogen (secondary N) is 1. The van der Waals surface area contributed by atoms with Crippen molar-refractivity contribution in [3.8, 4) is 0 Å². The largest absolute Gasteiger partial charge is 0.478 e. The van der Waals surface area contributed by atoms with Crippen molar-refractivity contribution >= 4 is 5.97 Å². The van der Waals surface area contributed by atoms with Gasteiger partial charge in [-0.25, -0.2) is 4.79 Å². The summed E-state index contributed by atoms with van der Waals surface area (Å²) in [6, 6.07) is 7.22. The highest BCUT2D eigenvalue weighted by molar-refractivity contribution is 5.89. The van der Waals surface area contributed by atoms with Crippen LogP contribution in [0.15, 0.2) is 24.3 Å². The van der Waals surface area contributed by atoms with E-state index in [-0.39, 0.29) is 6.04 Å². The van der Waals surface area contributed by atoms with Gasteiger partial charge in [0.1, 0.15) is 0 Å². The van der Waals surface area contributed by atoms with Gasteiger partial charge in [0.05, 0.1) is 12.2 Å². The fourth-order valence-corrected chi connectivity index (χ4v) is 1.52. The predicted molar refractivity (Wildman–Crippen MR) is 66.2 cm³/mol. The Kier molecular flexibility index (Phi) is 5.66. The molecule has 0 amide bonds. The van der Waals surface area contributed by atoms with E-state index in [1.54, 1.807) is 12.1 Å². The molecule has 0 bridgehead atoms. The van der Waals surface area contributed by atoms with Crippen LogP contribution in [0.25, 0.3) is 0 Å². The molecule has 0 fully saturated rings. The Balaban J connectivity index is 2.54. The zero-order chi connectivity index (χ0) is 12.7. The van der Waals surface area contributed by atoms with Gasteiger partial charge >= 0.3 is 5.97 Å². The first-order chi connectivity index (χ1) is 8.15. The number of benzene rings is 1. The number of carboxylic acid groups (broad SMARTS) is 1. The number of carboxylic acids is 1. The Hall–Kier alpha value is -1.39. The standard InChI is InChI=1S/C13H19NO3/c1-3-17-9-10(2)14-8-11-6-4-5-7-12(11)13(15)16/h4-7,10,14H,3,8-9H2,1-2H3,(H,15,16). The van der Waals surface area contributed by atoms with Gasteiger partial charge in [-0.15, -0.1) is 0 Å². The van der Waals surface area contributed by atoms with Gasteiger partial charge in [0.25, 0.3) is 0 Å². The summed E-state index contributed by atoms with van der Waals surface area (Å²) in [5, 5.41) is 12.3. The van der Waals surface area contributed by atoms with Crippen LogP contribution < -0.4 is 5.32 Å². The van der Waals surface area contributed by atoms with Crippen LogP contribution in [0.3, 0.4) is 0 Å². The normalized spacial score (nSPS) is 12.4. The summed E-state index contributed by atoms with van der Waals surface area (Å²) in [6.45, 7) is 5.83. The van der Waals surface area contributed by atoms with E-state index in [9.17, 15) is 4.79 Å². The predicted octanol–water partition coefficient (Wildman–Crippen LogP) is 1.90. The fourth-order valence-electron chi connectivity index (χ4n) is 1.52. The lowest BCUT2D eigenvalue weighted by molar-refractivity contribution is 0.0695. The van der Waals surface area contributed by atoms with Gasteiger partial charge in [-0.05, 0) is 25.5 Å². The molecule has 4 heteroatoms. The first-order valence-corrected chi connectivity index (χ1v) is 5.77. The molecule has 0 spiro atoms. The average molecular weight is 237 g/mol. The molecule has 0 saturated carbocycles. The summed E-state index contributed by atoms with van der Waals surface area (Å²) < 4.78 is 5.28. The van der Waals surface area contributed by atoms with Crippen LogP contribution in [0.5, 0.6) is 0 Å². The highest BCUT2D eigenvalue weighted by atomic mass is 16.5. The lowest BCUT2D eigenvalue weighted by atomic mass is 10.1. The number of hydrogen-bond donors (Lipinski definition) is 2. The third-order valence-corrected chi connectivity index (χ3v) is 2.46. The number of hydrogen-bond acceptors (Lipinski definition) is 3. The van der Waals surface area contributed by atoms with Crippen molar-refractivity contribution in [2.24, 2.45) is 0 Å². The van der Waals surface area contributed by atoms with Crippen LogP contribution in [0, 0.1) is 0 Å². The minimum atomic E-state index is -0.889. The molecule has 1 aromatic carbocycles. The van der Waals surface area contributed by atoms with Crippen molar-refractivity contribution in [3.05, 3.63) is 35.4 Å². The molecule has 2 N–H and O–H groups in total. The third kappa shape index (κ3) is 4.54. The van der Waals surface area contributed by atoms with Gasteiger partial charge in [-0.3, -0.25) is 0 Å². The van der Waals surface area contributed by atoms with Gasteiger partial charge < -0.3 is 15.2 Å². The summed E-state index contributed by atoms with van der Waals surface area (Å²) in [4.78, 5) is 11.0. The van der Waals surface area contributed by atoms with Crippen LogP contribution in [-0.2, 0) is 11.3 Å². The Bertz CT molecular complexity index is 365. The fraction of sp³-hybridized carbons (Fsp3) is 0.462. The SMILES string of the molecule is CCOCC(C)NCc1ccccc1C(=O)O. The van der Waals surface area contributed by atoms with E-state index in [2.05, 4.69) is 5.32 Å². The molecule has 0 aliphatic heterocycles. The Labute approximate surface area is 102 Å². The van der Waals surface area contributed by atoms with Crippen molar-refractivity contribution in [2.75, 3.05) is 13.2 Å². The van der Waals surface area contributed by atoms with Crippen LogP contribution in [0.4, 0.5) is 0 Å². The molecular formula is C13H19NO3. The second kappa shape index (κ2) is 7.04. The summed E-state index contributed by atoms with van der Waals surface area (Å²) in [7, 11) is 0. The maximum absolute atomic E-state index is 11.0. The van der Waals surface area contributed by atoms with E-state index < -0.39 is 5.97 Å². The Morgan fingerprint density at radius 3 is 2.82 bits per heavy atom. The molecule has 1 unspecified atom stereocenters. The van der Waals surface area contributed by atoms with E-state index in [1.807, 2.05) is 26.0 Å². The molecule has 94 valence electrons. The lowest BCUT2D eigenvalue weighted by Gasteiger charge is -2.14. The minimum Gasteiger partial charge on any atom is -0.478 e. The van der Waals surface area contributed by atoms with Gasteiger partial charge in [0.2, 0.25) is 0 Å². The van der Waals surface area contributed by atoms with Crippen molar-refractivity contribution in [1.29, 1.82) is 0 Å². The Morgan fingerprint density at radius 2 is 2.18 bits per heavy atom. The zero-order valence-electron chi connectivity index (χ0n) is 10.3. The summed E-state index contributed by atoms with van der Waals surface area (Å²) in [5.41, 5.74) is 1.15. The Morgan fingerprint density at radius 1 is 1.47 bits per heavy atom. The molecule has 1 atom stereocenters. The molecular weight excluding hydrogens is 218 g/mol. The highest BCUT2D eigenvalue weighted by Crippen LogP contribution is 2.08. The minimum absolute atomic E-state index is 0.205. The summed E-state index contributed by atoms with van der Waals surface area (Å²) >= 11 is 0. The van der Waals surface area contributed by atoms with E-state index >= 15 is 0 Å². The second-order valence-electron chi connectivity index (χ2n) is 3.90. The quantitative estimate of drug-likeness (QED) is 0.760. The molecule has 0 aromatic heterocycles. The van der Waals surface area contributed by atoms with Crippen LogP contribution in [-0.4, -0.2) is 30.3 Å². The molecule has 17 heavy (non-hydrogen) atoms. The highest BCUT2D eigenvalue weighted by Gasteiger charge is 2.09.